The minimum absolute atomic E-state index is 0. The second kappa shape index (κ2) is 11.6. The highest BCUT2D eigenvalue weighted by atomic mass is 35.5. The number of nitrogens with one attached hydrogen (secondary N) is 1. The van der Waals surface area contributed by atoms with Gasteiger partial charge in [-0.3, -0.25) is 4.79 Å². The second-order valence-electron chi connectivity index (χ2n) is 3.32. The second-order valence-corrected chi connectivity index (χ2v) is 3.69. The van der Waals surface area contributed by atoms with Crippen LogP contribution < -0.4 is 5.32 Å². The quantitative estimate of drug-likeness (QED) is 0.559. The van der Waals surface area contributed by atoms with Crippen LogP contribution in [0.25, 0.3) is 0 Å². The van der Waals surface area contributed by atoms with Crippen LogP contribution in [-0.2, 0) is 16.1 Å². The molecule has 1 aromatic rings. The normalized spacial score (nSPS) is 10.2. The van der Waals surface area contributed by atoms with Gasteiger partial charge in [0.1, 0.15) is 6.04 Å². The number of carbonyl (C=O) groups excluding carboxylic acids is 1. The van der Waals surface area contributed by atoms with Crippen molar-refractivity contribution in [1.82, 2.24) is 14.9 Å². The van der Waals surface area contributed by atoms with Gasteiger partial charge in [-0.15, -0.1) is 19.0 Å². The average molecular weight is 308 g/mol. The van der Waals surface area contributed by atoms with E-state index in [4.69, 9.17) is 5.11 Å². The van der Waals surface area contributed by atoms with Crippen molar-refractivity contribution in [3.63, 3.8) is 0 Å². The average Bonchev–Trinajstić information content (AvgIpc) is 2.79. The zero-order chi connectivity index (χ0) is 14.0. The summed E-state index contributed by atoms with van der Waals surface area (Å²) >= 11 is 3.73. The molecule has 1 heterocycles. The van der Waals surface area contributed by atoms with Crippen LogP contribution in [0.15, 0.2) is 31.4 Å². The van der Waals surface area contributed by atoms with Crippen LogP contribution >= 0.6 is 25.0 Å². The molecule has 0 fully saturated rings. The number of amides is 1. The van der Waals surface area contributed by atoms with E-state index in [9.17, 15) is 9.59 Å². The van der Waals surface area contributed by atoms with Crippen molar-refractivity contribution < 1.29 is 14.7 Å². The molecule has 1 aromatic heterocycles. The van der Waals surface area contributed by atoms with Gasteiger partial charge in [-0.05, 0) is 0 Å². The first kappa shape index (κ1) is 19.9. The fourth-order valence-corrected chi connectivity index (χ4v) is 1.22. The Kier molecular flexibility index (Phi) is 12.1. The van der Waals surface area contributed by atoms with Crippen LogP contribution in [0.3, 0.4) is 0 Å². The number of nitrogens with zero attached hydrogens (tertiary/aromatic N) is 2. The number of thiol groups is 1. The van der Waals surface area contributed by atoms with Crippen molar-refractivity contribution in [2.75, 3.05) is 5.75 Å². The molecule has 0 bridgehead atoms. The third-order valence-corrected chi connectivity index (χ3v) is 2.12. The Morgan fingerprint density at radius 2 is 2.26 bits per heavy atom. The molecule has 0 spiro atoms. The van der Waals surface area contributed by atoms with Crippen LogP contribution in [0.2, 0.25) is 0 Å². The molecule has 0 saturated heterocycles. The van der Waals surface area contributed by atoms with Crippen LogP contribution in [0, 0.1) is 0 Å². The highest BCUT2D eigenvalue weighted by Gasteiger charge is 2.15. The molecule has 0 aliphatic carbocycles. The van der Waals surface area contributed by atoms with Crippen molar-refractivity contribution in [3.8, 4) is 0 Å². The number of aliphatic carboxylic acids is 1. The largest absolute Gasteiger partial charge is 0.480 e. The molecule has 2 N–H and O–H groups in total. The molecule has 19 heavy (non-hydrogen) atoms. The Bertz CT molecular complexity index is 385. The molecule has 0 saturated carbocycles. The molecule has 6 nitrogen and oxygen atoms in total. The predicted octanol–water partition coefficient (Wildman–Crippen LogP) is 0.996. The summed E-state index contributed by atoms with van der Waals surface area (Å²) < 4.78 is 1.95. The van der Waals surface area contributed by atoms with Crippen LogP contribution in [0.1, 0.15) is 6.92 Å². The summed E-state index contributed by atoms with van der Waals surface area (Å²) in [6, 6.07) is -0.874. The van der Waals surface area contributed by atoms with E-state index in [1.807, 2.05) is 16.8 Å². The van der Waals surface area contributed by atoms with Gasteiger partial charge in [0.05, 0.1) is 6.33 Å². The number of hydrogen-bond donors (Lipinski definition) is 3. The van der Waals surface area contributed by atoms with Crippen molar-refractivity contribution in [1.29, 1.82) is 0 Å². The van der Waals surface area contributed by atoms with Crippen molar-refractivity contribution in [2.45, 2.75) is 19.5 Å². The number of halogens is 1. The van der Waals surface area contributed by atoms with Gasteiger partial charge in [0, 0.05) is 31.6 Å². The third-order valence-electron chi connectivity index (χ3n) is 1.76. The molecule has 0 radical (unpaired) electrons. The molecule has 1 amide bonds. The Labute approximate surface area is 123 Å². The lowest BCUT2D eigenvalue weighted by Gasteiger charge is -2.08. The lowest BCUT2D eigenvalue weighted by molar-refractivity contribution is -0.140. The smallest absolute Gasteiger partial charge is 0.327 e. The molecule has 8 heteroatoms. The van der Waals surface area contributed by atoms with Crippen molar-refractivity contribution in [3.05, 3.63) is 31.4 Å². The number of carbonyl (C=O) groups is 2. The lowest BCUT2D eigenvalue weighted by atomic mass is 10.3. The Hall–Kier alpha value is -1.47. The highest BCUT2D eigenvalue weighted by molar-refractivity contribution is 7.80. The van der Waals surface area contributed by atoms with Gasteiger partial charge in [-0.2, -0.15) is 12.6 Å². The van der Waals surface area contributed by atoms with Crippen molar-refractivity contribution in [2.24, 2.45) is 0 Å². The molecule has 108 valence electrons. The van der Waals surface area contributed by atoms with Gasteiger partial charge in [0.15, 0.2) is 0 Å². The van der Waals surface area contributed by atoms with Crippen LogP contribution in [-0.4, -0.2) is 38.3 Å². The van der Waals surface area contributed by atoms with Gasteiger partial charge in [0.2, 0.25) is 5.91 Å². The minimum Gasteiger partial charge on any atom is -0.480 e. The monoisotopic (exact) mass is 307 g/mol. The van der Waals surface area contributed by atoms with E-state index in [1.54, 1.807) is 12.5 Å². The zero-order valence-corrected chi connectivity index (χ0v) is 12.2. The summed E-state index contributed by atoms with van der Waals surface area (Å²) in [7, 11) is 0. The molecular weight excluding hydrogens is 290 g/mol. The molecule has 0 aromatic carbocycles. The highest BCUT2D eigenvalue weighted by Crippen LogP contribution is 1.87. The molecule has 1 atom stereocenters. The van der Waals surface area contributed by atoms with Gasteiger partial charge < -0.3 is 15.0 Å². The van der Waals surface area contributed by atoms with E-state index < -0.39 is 12.0 Å². The first-order valence-corrected chi connectivity index (χ1v) is 5.81. The first-order chi connectivity index (χ1) is 8.51. The van der Waals surface area contributed by atoms with Gasteiger partial charge in [0.25, 0.3) is 0 Å². The minimum atomic E-state index is -1.06. The van der Waals surface area contributed by atoms with Gasteiger partial charge >= 0.3 is 5.97 Å². The summed E-state index contributed by atoms with van der Waals surface area (Å²) in [5, 5.41) is 10.6. The summed E-state index contributed by atoms with van der Waals surface area (Å²) in [5.74, 6) is -1.32. The Balaban J connectivity index is 0. The number of carboxylic acid groups (broad SMARTS) is 1. The number of rotatable bonds is 5. The van der Waals surface area contributed by atoms with Gasteiger partial charge in [-0.1, -0.05) is 6.08 Å². The topological polar surface area (TPSA) is 84.2 Å². The number of allylic oxidation sites excluding steroid dienone is 1. The fourth-order valence-electron chi connectivity index (χ4n) is 0.975. The summed E-state index contributed by atoms with van der Waals surface area (Å²) in [4.78, 5) is 24.4. The summed E-state index contributed by atoms with van der Waals surface area (Å²) in [5.41, 5.74) is 0. The number of carboxylic acids is 1. The Morgan fingerprint density at radius 3 is 2.53 bits per heavy atom. The standard InChI is InChI=1S/C6H8N2.C5H9NO3S.ClH/c1-2-4-8-5-3-7-6-8;1-3(7)6-4(2-10)5(8)9;/h2-3,5-6H,1,4H2;4,10H,2H2,1H3,(H,6,7)(H,8,9);1H/t;4-;/m.0./s1. The van der Waals surface area contributed by atoms with Crippen LogP contribution in [0.4, 0.5) is 0 Å². The third kappa shape index (κ3) is 10.2. The maximum atomic E-state index is 10.3. The fraction of sp³-hybridized carbons (Fsp3) is 0.364. The van der Waals surface area contributed by atoms with E-state index in [0.717, 1.165) is 6.54 Å². The van der Waals surface area contributed by atoms with E-state index in [1.165, 1.54) is 6.92 Å². The van der Waals surface area contributed by atoms with Gasteiger partial charge in [-0.25, -0.2) is 9.78 Å². The number of hydrogen-bond acceptors (Lipinski definition) is 4. The van der Waals surface area contributed by atoms with Crippen molar-refractivity contribution >= 4 is 36.9 Å². The summed E-state index contributed by atoms with van der Waals surface area (Å²) in [6.45, 7) is 5.70. The predicted molar refractivity (Wildman–Crippen MR) is 78.8 cm³/mol. The van der Waals surface area contributed by atoms with E-state index in [-0.39, 0.29) is 24.1 Å². The van der Waals surface area contributed by atoms with E-state index >= 15 is 0 Å². The molecule has 1 rings (SSSR count). The molecule has 0 unspecified atom stereocenters. The molecular formula is C11H18ClN3O3S. The zero-order valence-electron chi connectivity index (χ0n) is 10.5. The number of imidazole rings is 1. The lowest BCUT2D eigenvalue weighted by Crippen LogP contribution is -2.40. The molecule has 0 aliphatic heterocycles. The van der Waals surface area contributed by atoms with E-state index in [0.29, 0.717) is 0 Å². The maximum absolute atomic E-state index is 10.3. The molecule has 0 aliphatic rings. The number of aromatic nitrogens is 2. The summed E-state index contributed by atoms with van der Waals surface area (Å²) in [6.07, 6.45) is 7.26. The Morgan fingerprint density at radius 1 is 1.63 bits per heavy atom. The maximum Gasteiger partial charge on any atom is 0.327 e. The van der Waals surface area contributed by atoms with E-state index in [2.05, 4.69) is 29.5 Å². The first-order valence-electron chi connectivity index (χ1n) is 5.18. The van der Waals surface area contributed by atoms with Crippen LogP contribution in [0.5, 0.6) is 0 Å². The SMILES string of the molecule is C=CCn1ccnc1.CC(=O)N[C@@H](CS)C(=O)O.Cl.